The first kappa shape index (κ1) is 17.6. The average Bonchev–Trinajstić information content (AvgIpc) is 3.15. The first-order valence-electron chi connectivity index (χ1n) is 8.47. The van der Waals surface area contributed by atoms with Crippen LogP contribution in [0.25, 0.3) is 0 Å². The Morgan fingerprint density at radius 1 is 0.963 bits per heavy atom. The lowest BCUT2D eigenvalue weighted by Gasteiger charge is -2.22. The molecule has 136 valence electrons. The highest BCUT2D eigenvalue weighted by atomic mass is 79.9. The number of aryl methyl sites for hydroxylation is 1. The normalized spacial score (nSPS) is 21.5. The lowest BCUT2D eigenvalue weighted by molar-refractivity contribution is -0.122. The highest BCUT2D eigenvalue weighted by Crippen LogP contribution is 2.38. The highest BCUT2D eigenvalue weighted by molar-refractivity contribution is 9.10. The fourth-order valence-corrected chi connectivity index (χ4v) is 3.72. The second-order valence-electron chi connectivity index (χ2n) is 6.63. The van der Waals surface area contributed by atoms with Crippen molar-refractivity contribution < 1.29 is 14.4 Å². The third-order valence-corrected chi connectivity index (χ3v) is 5.32. The van der Waals surface area contributed by atoms with Gasteiger partial charge in [-0.3, -0.25) is 19.4 Å². The summed E-state index contributed by atoms with van der Waals surface area (Å²) < 4.78 is 0.845. The van der Waals surface area contributed by atoms with Crippen molar-refractivity contribution >= 4 is 50.6 Å². The van der Waals surface area contributed by atoms with E-state index in [0.29, 0.717) is 11.4 Å². The molecule has 4 rings (SSSR count). The molecule has 0 spiro atoms. The quantitative estimate of drug-likeness (QED) is 0.708. The number of amides is 2. The highest BCUT2D eigenvalue weighted by Gasteiger charge is 2.58. The van der Waals surface area contributed by atoms with E-state index < -0.39 is 17.9 Å². The molecule has 1 fully saturated rings. The average molecular weight is 426 g/mol. The maximum Gasteiger partial charge on any atom is 0.259 e. The molecule has 1 saturated heterocycles. The maximum atomic E-state index is 13.2. The molecule has 7 heteroatoms. The molecular weight excluding hydrogens is 410 g/mol. The van der Waals surface area contributed by atoms with Gasteiger partial charge in [0.2, 0.25) is 5.91 Å². The minimum atomic E-state index is -0.889. The molecule has 2 atom stereocenters. The van der Waals surface area contributed by atoms with Crippen molar-refractivity contribution in [3.63, 3.8) is 0 Å². The summed E-state index contributed by atoms with van der Waals surface area (Å²) in [5, 5.41) is 5.84. The summed E-state index contributed by atoms with van der Waals surface area (Å²) in [5.74, 6) is -2.00. The fraction of sp³-hybridized carbons (Fsp3) is 0.200. The topological polar surface area (TPSA) is 70.1 Å². The molecule has 2 aliphatic heterocycles. The molecule has 0 bridgehead atoms. The number of carbonyl (C=O) groups is 3. The zero-order valence-corrected chi connectivity index (χ0v) is 16.3. The fourth-order valence-electron chi connectivity index (χ4n) is 3.46. The van der Waals surface area contributed by atoms with Crippen molar-refractivity contribution in [1.29, 1.82) is 0 Å². The number of Topliss-reactive ketones (excluding diaryl/α,β-unsaturated/α-hetero) is 1. The monoisotopic (exact) mass is 425 g/mol. The summed E-state index contributed by atoms with van der Waals surface area (Å²) in [6.45, 7) is 3.33. The minimum absolute atomic E-state index is 0.124. The van der Waals surface area contributed by atoms with Crippen molar-refractivity contribution in [3.05, 3.63) is 58.6 Å². The number of halogens is 1. The van der Waals surface area contributed by atoms with Gasteiger partial charge in [-0.1, -0.05) is 33.6 Å². The van der Waals surface area contributed by atoms with E-state index in [1.807, 2.05) is 31.2 Å². The van der Waals surface area contributed by atoms with E-state index in [2.05, 4.69) is 21.0 Å². The number of anilines is 2. The molecule has 2 aromatic carbocycles. The van der Waals surface area contributed by atoms with Gasteiger partial charge < -0.3 is 0 Å². The van der Waals surface area contributed by atoms with Gasteiger partial charge in [0.25, 0.3) is 5.91 Å². The molecular formula is C20H16BrN3O3. The van der Waals surface area contributed by atoms with E-state index >= 15 is 0 Å². The smallest absolute Gasteiger partial charge is 0.259 e. The summed E-state index contributed by atoms with van der Waals surface area (Å²) >= 11 is 3.35. The summed E-state index contributed by atoms with van der Waals surface area (Å²) in [7, 11) is 0. The maximum absolute atomic E-state index is 13.2. The number of rotatable bonds is 3. The second-order valence-corrected chi connectivity index (χ2v) is 7.55. The van der Waals surface area contributed by atoms with Gasteiger partial charge in [0.15, 0.2) is 5.78 Å². The molecule has 2 aromatic rings. The standard InChI is InChI=1S/C20H16BrN3O3/c1-11-3-7-15(8-4-11)24-18-16(17(22-24)12(2)25)19(26)23(20(18)27)14-9-5-13(21)6-10-14/h3-10,16,18H,1-2H3. The summed E-state index contributed by atoms with van der Waals surface area (Å²) in [4.78, 5) is 39.5. The molecule has 2 heterocycles. The van der Waals surface area contributed by atoms with Crippen LogP contribution >= 0.6 is 15.9 Å². The number of hydrogen-bond donors (Lipinski definition) is 0. The first-order chi connectivity index (χ1) is 12.9. The van der Waals surface area contributed by atoms with Crippen molar-refractivity contribution in [2.75, 3.05) is 9.91 Å². The van der Waals surface area contributed by atoms with Crippen molar-refractivity contribution in [2.24, 2.45) is 11.0 Å². The van der Waals surface area contributed by atoms with E-state index in [0.717, 1.165) is 14.9 Å². The van der Waals surface area contributed by atoms with Crippen LogP contribution in [-0.4, -0.2) is 29.4 Å². The Hall–Kier alpha value is -2.80. The second kappa shape index (κ2) is 6.42. The molecule has 0 N–H and O–H groups in total. The van der Waals surface area contributed by atoms with Crippen LogP contribution in [0.15, 0.2) is 58.1 Å². The van der Waals surface area contributed by atoms with Crippen molar-refractivity contribution in [2.45, 2.75) is 19.9 Å². The third kappa shape index (κ3) is 2.78. The molecule has 2 aliphatic rings. The molecule has 0 radical (unpaired) electrons. The Kier molecular flexibility index (Phi) is 4.19. The number of nitrogens with zero attached hydrogens (tertiary/aromatic N) is 3. The zero-order valence-electron chi connectivity index (χ0n) is 14.7. The van der Waals surface area contributed by atoms with Crippen LogP contribution in [0.1, 0.15) is 12.5 Å². The Balaban J connectivity index is 1.79. The van der Waals surface area contributed by atoms with E-state index in [4.69, 9.17) is 0 Å². The Morgan fingerprint density at radius 2 is 1.56 bits per heavy atom. The van der Waals surface area contributed by atoms with Gasteiger partial charge >= 0.3 is 0 Å². The van der Waals surface area contributed by atoms with Crippen molar-refractivity contribution in [3.8, 4) is 0 Å². The number of ketones is 1. The van der Waals surface area contributed by atoms with Crippen LogP contribution in [-0.2, 0) is 14.4 Å². The van der Waals surface area contributed by atoms with Gasteiger partial charge in [0, 0.05) is 11.4 Å². The Morgan fingerprint density at radius 3 is 2.15 bits per heavy atom. The van der Waals surface area contributed by atoms with Gasteiger partial charge in [-0.25, -0.2) is 4.90 Å². The third-order valence-electron chi connectivity index (χ3n) is 4.79. The lowest BCUT2D eigenvalue weighted by atomic mass is 9.95. The van der Waals surface area contributed by atoms with Crippen LogP contribution in [0.2, 0.25) is 0 Å². The predicted molar refractivity (Wildman–Crippen MR) is 106 cm³/mol. The van der Waals surface area contributed by atoms with E-state index in [9.17, 15) is 14.4 Å². The molecule has 6 nitrogen and oxygen atoms in total. The number of fused-ring (bicyclic) bond motifs is 1. The Labute approximate surface area is 164 Å². The molecule has 2 unspecified atom stereocenters. The Bertz CT molecular complexity index is 983. The first-order valence-corrected chi connectivity index (χ1v) is 9.26. The number of imide groups is 1. The molecule has 27 heavy (non-hydrogen) atoms. The van der Waals surface area contributed by atoms with Gasteiger partial charge in [-0.15, -0.1) is 0 Å². The minimum Gasteiger partial charge on any atom is -0.293 e. The molecule has 0 aliphatic carbocycles. The predicted octanol–water partition coefficient (Wildman–Crippen LogP) is 3.08. The largest absolute Gasteiger partial charge is 0.293 e. The van der Waals surface area contributed by atoms with Gasteiger partial charge in [-0.05, 0) is 43.3 Å². The summed E-state index contributed by atoms with van der Waals surface area (Å²) in [6.07, 6.45) is 0. The van der Waals surface area contributed by atoms with Gasteiger partial charge in [0.05, 0.1) is 11.4 Å². The number of hydrazone groups is 1. The van der Waals surface area contributed by atoms with E-state index in [-0.39, 0.29) is 17.4 Å². The SMILES string of the molecule is CC(=O)C1=NN(c2ccc(C)cc2)C2C(=O)N(c3ccc(Br)cc3)C(=O)C12. The molecule has 0 aromatic heterocycles. The van der Waals surface area contributed by atoms with Crippen LogP contribution in [0.3, 0.4) is 0 Å². The number of benzene rings is 2. The number of hydrogen-bond acceptors (Lipinski definition) is 5. The van der Waals surface area contributed by atoms with E-state index in [1.165, 1.54) is 11.9 Å². The zero-order chi connectivity index (χ0) is 19.3. The van der Waals surface area contributed by atoms with Crippen molar-refractivity contribution in [1.82, 2.24) is 0 Å². The molecule has 2 amide bonds. The van der Waals surface area contributed by atoms with Crippen LogP contribution in [0, 0.1) is 12.8 Å². The van der Waals surface area contributed by atoms with Crippen LogP contribution < -0.4 is 9.91 Å². The van der Waals surface area contributed by atoms with Crippen LogP contribution in [0.5, 0.6) is 0 Å². The summed E-state index contributed by atoms with van der Waals surface area (Å²) in [6, 6.07) is 13.5. The van der Waals surface area contributed by atoms with E-state index in [1.54, 1.807) is 24.3 Å². The summed E-state index contributed by atoms with van der Waals surface area (Å²) in [5.41, 5.74) is 2.34. The van der Waals surface area contributed by atoms with Crippen LogP contribution in [0.4, 0.5) is 11.4 Å². The molecule has 0 saturated carbocycles. The van der Waals surface area contributed by atoms with Gasteiger partial charge in [-0.2, -0.15) is 5.10 Å². The van der Waals surface area contributed by atoms with Gasteiger partial charge in [0.1, 0.15) is 17.7 Å². The number of carbonyl (C=O) groups excluding carboxylic acids is 3. The lowest BCUT2D eigenvalue weighted by Crippen LogP contribution is -2.39.